The summed E-state index contributed by atoms with van der Waals surface area (Å²) in [6.45, 7) is 4.05. The van der Waals surface area contributed by atoms with Crippen molar-refractivity contribution in [3.05, 3.63) is 35.4 Å². The summed E-state index contributed by atoms with van der Waals surface area (Å²) in [6.07, 6.45) is 0. The monoisotopic (exact) mass is 207 g/mol. The molecule has 1 N–H and O–H groups in total. The fraction of sp³-hybridized carbons (Fsp3) is 0.417. The maximum atomic E-state index is 11.5. The highest BCUT2D eigenvalue weighted by molar-refractivity contribution is 5.91. The van der Waals surface area contributed by atoms with E-state index in [2.05, 4.69) is 5.32 Å². The van der Waals surface area contributed by atoms with E-state index in [0.29, 0.717) is 5.56 Å². The van der Waals surface area contributed by atoms with E-state index in [-0.39, 0.29) is 11.5 Å². The van der Waals surface area contributed by atoms with Gasteiger partial charge in [0, 0.05) is 5.54 Å². The summed E-state index contributed by atoms with van der Waals surface area (Å²) >= 11 is 0. The number of hydrogen-bond acceptors (Lipinski definition) is 3. The van der Waals surface area contributed by atoms with Crippen LogP contribution in [0.25, 0.3) is 0 Å². The largest absolute Gasteiger partial charge is 0.465 e. The predicted molar refractivity (Wildman–Crippen MR) is 59.9 cm³/mol. The van der Waals surface area contributed by atoms with E-state index < -0.39 is 0 Å². The average Bonchev–Trinajstić information content (AvgIpc) is 2.28. The SMILES string of the molecule is CNC(C)(C)c1ccccc1C(=O)OC. The molecular formula is C12H17NO2. The topological polar surface area (TPSA) is 38.3 Å². The first kappa shape index (κ1) is 11.7. The molecule has 0 aliphatic rings. The minimum Gasteiger partial charge on any atom is -0.465 e. The van der Waals surface area contributed by atoms with E-state index in [0.717, 1.165) is 5.56 Å². The third-order valence-electron chi connectivity index (χ3n) is 2.63. The van der Waals surface area contributed by atoms with Gasteiger partial charge in [0.05, 0.1) is 12.7 Å². The number of carbonyl (C=O) groups is 1. The normalized spacial score (nSPS) is 11.2. The molecular weight excluding hydrogens is 190 g/mol. The lowest BCUT2D eigenvalue weighted by Gasteiger charge is -2.26. The van der Waals surface area contributed by atoms with Crippen molar-refractivity contribution >= 4 is 5.97 Å². The number of nitrogens with one attached hydrogen (secondary N) is 1. The lowest BCUT2D eigenvalue weighted by Crippen LogP contribution is -2.34. The van der Waals surface area contributed by atoms with Crippen molar-refractivity contribution in [2.75, 3.05) is 14.2 Å². The molecule has 1 aromatic rings. The van der Waals surface area contributed by atoms with E-state index in [9.17, 15) is 4.79 Å². The summed E-state index contributed by atoms with van der Waals surface area (Å²) in [5.41, 5.74) is 1.31. The van der Waals surface area contributed by atoms with E-state index in [1.165, 1.54) is 7.11 Å². The fourth-order valence-electron chi connectivity index (χ4n) is 1.45. The molecule has 0 radical (unpaired) electrons. The van der Waals surface area contributed by atoms with Crippen LogP contribution in [0, 0.1) is 0 Å². The minimum atomic E-state index is -0.297. The standard InChI is InChI=1S/C12H17NO2/c1-12(2,13-3)10-8-6-5-7-9(10)11(14)15-4/h5-8,13H,1-4H3. The van der Waals surface area contributed by atoms with Crippen molar-refractivity contribution < 1.29 is 9.53 Å². The van der Waals surface area contributed by atoms with Crippen LogP contribution in [0.15, 0.2) is 24.3 Å². The van der Waals surface area contributed by atoms with Crippen LogP contribution in [-0.2, 0) is 10.3 Å². The number of rotatable bonds is 3. The molecule has 0 saturated heterocycles. The first-order valence-electron chi connectivity index (χ1n) is 4.89. The first-order chi connectivity index (χ1) is 7.03. The molecule has 0 fully saturated rings. The Balaban J connectivity index is 3.23. The molecule has 1 aromatic carbocycles. The van der Waals surface area contributed by atoms with Crippen LogP contribution in [0.3, 0.4) is 0 Å². The highest BCUT2D eigenvalue weighted by atomic mass is 16.5. The zero-order valence-corrected chi connectivity index (χ0v) is 9.63. The molecule has 0 spiro atoms. The Bertz CT molecular complexity index is 358. The van der Waals surface area contributed by atoms with Crippen LogP contribution >= 0.6 is 0 Å². The van der Waals surface area contributed by atoms with Gasteiger partial charge in [-0.15, -0.1) is 0 Å². The molecule has 3 heteroatoms. The second kappa shape index (κ2) is 4.45. The minimum absolute atomic E-state index is 0.245. The summed E-state index contributed by atoms with van der Waals surface area (Å²) in [5.74, 6) is -0.297. The maximum absolute atomic E-state index is 11.5. The maximum Gasteiger partial charge on any atom is 0.338 e. The second-order valence-electron chi connectivity index (χ2n) is 3.91. The van der Waals surface area contributed by atoms with Crippen molar-refractivity contribution in [1.29, 1.82) is 0 Å². The number of hydrogen-bond donors (Lipinski definition) is 1. The van der Waals surface area contributed by atoms with Gasteiger partial charge in [-0.25, -0.2) is 4.79 Å². The Kier molecular flexibility index (Phi) is 3.48. The zero-order valence-electron chi connectivity index (χ0n) is 9.63. The smallest absolute Gasteiger partial charge is 0.338 e. The van der Waals surface area contributed by atoms with Gasteiger partial charge in [-0.2, -0.15) is 0 Å². The molecule has 0 aliphatic heterocycles. The Morgan fingerprint density at radius 3 is 2.47 bits per heavy atom. The quantitative estimate of drug-likeness (QED) is 0.770. The molecule has 82 valence electrons. The highest BCUT2D eigenvalue weighted by Gasteiger charge is 2.24. The van der Waals surface area contributed by atoms with Crippen LogP contribution in [-0.4, -0.2) is 20.1 Å². The van der Waals surface area contributed by atoms with Crippen molar-refractivity contribution in [3.63, 3.8) is 0 Å². The van der Waals surface area contributed by atoms with Gasteiger partial charge in [0.15, 0.2) is 0 Å². The van der Waals surface area contributed by atoms with Crippen LogP contribution in [0.2, 0.25) is 0 Å². The molecule has 0 heterocycles. The van der Waals surface area contributed by atoms with Gasteiger partial charge in [-0.05, 0) is 32.5 Å². The Morgan fingerprint density at radius 1 is 1.33 bits per heavy atom. The second-order valence-corrected chi connectivity index (χ2v) is 3.91. The molecule has 0 unspecified atom stereocenters. The molecule has 0 amide bonds. The van der Waals surface area contributed by atoms with Crippen LogP contribution < -0.4 is 5.32 Å². The van der Waals surface area contributed by atoms with E-state index >= 15 is 0 Å². The van der Waals surface area contributed by atoms with E-state index in [1.54, 1.807) is 6.07 Å². The molecule has 0 saturated carbocycles. The van der Waals surface area contributed by atoms with Crippen molar-refractivity contribution in [2.24, 2.45) is 0 Å². The van der Waals surface area contributed by atoms with Crippen LogP contribution in [0.4, 0.5) is 0 Å². The number of carbonyl (C=O) groups excluding carboxylic acids is 1. The number of esters is 1. The van der Waals surface area contributed by atoms with Gasteiger partial charge in [-0.3, -0.25) is 0 Å². The van der Waals surface area contributed by atoms with Gasteiger partial charge in [0.1, 0.15) is 0 Å². The van der Waals surface area contributed by atoms with Crippen molar-refractivity contribution in [1.82, 2.24) is 5.32 Å². The zero-order chi connectivity index (χ0) is 11.5. The van der Waals surface area contributed by atoms with Crippen molar-refractivity contribution in [2.45, 2.75) is 19.4 Å². The molecule has 0 bridgehead atoms. The lowest BCUT2D eigenvalue weighted by molar-refractivity contribution is 0.0597. The first-order valence-corrected chi connectivity index (χ1v) is 4.89. The van der Waals surface area contributed by atoms with E-state index in [1.807, 2.05) is 39.1 Å². The van der Waals surface area contributed by atoms with Gasteiger partial charge >= 0.3 is 5.97 Å². The lowest BCUT2D eigenvalue weighted by atomic mass is 9.90. The third kappa shape index (κ3) is 2.36. The van der Waals surface area contributed by atoms with Gasteiger partial charge in [0.2, 0.25) is 0 Å². The van der Waals surface area contributed by atoms with E-state index in [4.69, 9.17) is 4.74 Å². The van der Waals surface area contributed by atoms with Crippen LogP contribution in [0.5, 0.6) is 0 Å². The summed E-state index contributed by atoms with van der Waals surface area (Å²) in [5, 5.41) is 3.17. The molecule has 0 atom stereocenters. The summed E-state index contributed by atoms with van der Waals surface area (Å²) in [4.78, 5) is 11.5. The molecule has 15 heavy (non-hydrogen) atoms. The molecule has 3 nitrogen and oxygen atoms in total. The Labute approximate surface area is 90.4 Å². The van der Waals surface area contributed by atoms with Crippen LogP contribution in [0.1, 0.15) is 29.8 Å². The summed E-state index contributed by atoms with van der Waals surface area (Å²) in [6, 6.07) is 7.46. The summed E-state index contributed by atoms with van der Waals surface area (Å²) < 4.78 is 4.75. The van der Waals surface area contributed by atoms with Gasteiger partial charge in [-0.1, -0.05) is 18.2 Å². The third-order valence-corrected chi connectivity index (χ3v) is 2.63. The Morgan fingerprint density at radius 2 is 1.93 bits per heavy atom. The molecule has 0 aromatic heterocycles. The average molecular weight is 207 g/mol. The fourth-order valence-corrected chi connectivity index (χ4v) is 1.45. The van der Waals surface area contributed by atoms with Gasteiger partial charge < -0.3 is 10.1 Å². The van der Waals surface area contributed by atoms with Gasteiger partial charge in [0.25, 0.3) is 0 Å². The Hall–Kier alpha value is -1.35. The predicted octanol–water partition coefficient (Wildman–Crippen LogP) is 1.93. The number of methoxy groups -OCH3 is 1. The molecule has 1 rings (SSSR count). The molecule has 0 aliphatic carbocycles. The van der Waals surface area contributed by atoms with Crippen molar-refractivity contribution in [3.8, 4) is 0 Å². The number of ether oxygens (including phenoxy) is 1. The highest BCUT2D eigenvalue weighted by Crippen LogP contribution is 2.23. The number of benzene rings is 1. The summed E-state index contributed by atoms with van der Waals surface area (Å²) in [7, 11) is 3.26.